The fourth-order valence-electron chi connectivity index (χ4n) is 2.31. The predicted octanol–water partition coefficient (Wildman–Crippen LogP) is 4.64. The summed E-state index contributed by atoms with van der Waals surface area (Å²) in [5.41, 5.74) is 1.44. The van der Waals surface area contributed by atoms with Crippen LogP contribution >= 0.6 is 50.3 Å². The number of anilines is 1. The van der Waals surface area contributed by atoms with Crippen molar-refractivity contribution in [2.24, 2.45) is 4.99 Å². The molecule has 1 atom stereocenters. The lowest BCUT2D eigenvalue weighted by molar-refractivity contribution is -0.128. The molecule has 3 rings (SSSR count). The van der Waals surface area contributed by atoms with Gasteiger partial charge in [0.15, 0.2) is 5.17 Å². The van der Waals surface area contributed by atoms with Crippen molar-refractivity contribution in [3.05, 3.63) is 56.6 Å². The number of nitrogens with one attached hydrogen (secondary N) is 1. The third kappa shape index (κ3) is 4.86. The zero-order valence-corrected chi connectivity index (χ0v) is 18.3. The summed E-state index contributed by atoms with van der Waals surface area (Å²) in [7, 11) is 1.68. The van der Waals surface area contributed by atoms with Gasteiger partial charge in [-0.3, -0.25) is 14.5 Å². The Morgan fingerprint density at radius 3 is 2.73 bits per heavy atom. The molecular weight excluding hydrogens is 529 g/mol. The van der Waals surface area contributed by atoms with Crippen LogP contribution in [0.1, 0.15) is 6.42 Å². The highest BCUT2D eigenvalue weighted by molar-refractivity contribution is 14.1. The number of carbonyl (C=O) groups excluding carboxylic acids is 2. The van der Waals surface area contributed by atoms with Gasteiger partial charge in [0.1, 0.15) is 5.25 Å². The van der Waals surface area contributed by atoms with E-state index in [0.717, 1.165) is 13.7 Å². The van der Waals surface area contributed by atoms with E-state index < -0.39 is 5.25 Å². The number of hydrogen-bond donors (Lipinski definition) is 1. The quantitative estimate of drug-likeness (QED) is 0.573. The lowest BCUT2D eigenvalue weighted by atomic mass is 10.2. The summed E-state index contributed by atoms with van der Waals surface area (Å²) in [5.74, 6) is -0.327. The molecule has 2 aromatic carbocycles. The Labute approximate surface area is 177 Å². The molecule has 8 heteroatoms. The van der Waals surface area contributed by atoms with E-state index in [1.54, 1.807) is 7.05 Å². The van der Waals surface area contributed by atoms with Crippen LogP contribution in [0, 0.1) is 3.57 Å². The van der Waals surface area contributed by atoms with E-state index >= 15 is 0 Å². The lowest BCUT2D eigenvalue weighted by Crippen LogP contribution is -2.43. The lowest BCUT2D eigenvalue weighted by Gasteiger charge is -2.28. The van der Waals surface area contributed by atoms with Crippen LogP contribution in [0.25, 0.3) is 0 Å². The van der Waals surface area contributed by atoms with Crippen molar-refractivity contribution >= 4 is 78.6 Å². The van der Waals surface area contributed by atoms with E-state index in [2.05, 4.69) is 48.8 Å². The van der Waals surface area contributed by atoms with Gasteiger partial charge in [-0.05, 0) is 65.1 Å². The van der Waals surface area contributed by atoms with Gasteiger partial charge in [-0.25, -0.2) is 4.99 Å². The molecule has 1 unspecified atom stereocenters. The van der Waals surface area contributed by atoms with Gasteiger partial charge in [-0.1, -0.05) is 33.8 Å². The number of nitrogens with zero attached hydrogens (tertiary/aromatic N) is 2. The molecular formula is C18H15BrIN3O2S. The summed E-state index contributed by atoms with van der Waals surface area (Å²) in [6.45, 7) is 0. The predicted molar refractivity (Wildman–Crippen MR) is 118 cm³/mol. The first kappa shape index (κ1) is 19.4. The molecule has 1 saturated heterocycles. The third-order valence-corrected chi connectivity index (χ3v) is 6.16. The van der Waals surface area contributed by atoms with E-state index in [1.165, 1.54) is 16.7 Å². The Kier molecular flexibility index (Phi) is 6.36. The minimum Gasteiger partial charge on any atom is -0.325 e. The molecule has 134 valence electrons. The SMILES string of the molecule is CN1C(=O)CC(C(=O)Nc2cccc(Br)c2)SC1=Nc1ccc(I)cc1. The molecule has 0 aromatic heterocycles. The normalized spacial score (nSPS) is 18.9. The number of amidine groups is 1. The van der Waals surface area contributed by atoms with Crippen molar-refractivity contribution < 1.29 is 9.59 Å². The fourth-order valence-corrected chi connectivity index (χ4v) is 4.14. The van der Waals surface area contributed by atoms with Gasteiger partial charge in [0, 0.05) is 27.2 Å². The molecule has 0 saturated carbocycles. The minimum absolute atomic E-state index is 0.123. The van der Waals surface area contributed by atoms with E-state index in [4.69, 9.17) is 0 Å². The summed E-state index contributed by atoms with van der Waals surface area (Å²) in [6, 6.07) is 15.0. The number of rotatable bonds is 3. The van der Waals surface area contributed by atoms with Gasteiger partial charge in [-0.2, -0.15) is 0 Å². The van der Waals surface area contributed by atoms with Gasteiger partial charge >= 0.3 is 0 Å². The molecule has 1 aliphatic heterocycles. The topological polar surface area (TPSA) is 61.8 Å². The third-order valence-electron chi connectivity index (χ3n) is 3.70. The van der Waals surface area contributed by atoms with Crippen molar-refractivity contribution in [3.8, 4) is 0 Å². The van der Waals surface area contributed by atoms with Crippen LogP contribution < -0.4 is 5.32 Å². The molecule has 0 aliphatic carbocycles. The van der Waals surface area contributed by atoms with E-state index in [0.29, 0.717) is 10.9 Å². The molecule has 1 heterocycles. The second-order valence-corrected chi connectivity index (χ2v) is 8.96. The van der Waals surface area contributed by atoms with E-state index in [9.17, 15) is 9.59 Å². The minimum atomic E-state index is -0.514. The van der Waals surface area contributed by atoms with E-state index in [-0.39, 0.29) is 18.2 Å². The summed E-state index contributed by atoms with van der Waals surface area (Å²) in [5, 5.41) is 2.87. The van der Waals surface area contributed by atoms with Crippen LogP contribution in [-0.2, 0) is 9.59 Å². The Bertz CT molecular complexity index is 873. The summed E-state index contributed by atoms with van der Waals surface area (Å²) < 4.78 is 1.99. The number of thioether (sulfide) groups is 1. The van der Waals surface area contributed by atoms with Gasteiger partial charge in [0.25, 0.3) is 0 Å². The van der Waals surface area contributed by atoms with E-state index in [1.807, 2.05) is 48.5 Å². The first-order chi connectivity index (χ1) is 12.4. The van der Waals surface area contributed by atoms with Crippen LogP contribution in [0.4, 0.5) is 11.4 Å². The number of aliphatic imine (C=N–C) groups is 1. The van der Waals surface area contributed by atoms with Gasteiger partial charge in [0.2, 0.25) is 11.8 Å². The van der Waals surface area contributed by atoms with Gasteiger partial charge < -0.3 is 5.32 Å². The fraction of sp³-hybridized carbons (Fsp3) is 0.167. The first-order valence-electron chi connectivity index (χ1n) is 7.76. The zero-order valence-electron chi connectivity index (χ0n) is 13.8. The standard InChI is InChI=1S/C18H15BrIN3O2S/c1-23-16(24)10-15(17(25)21-14-4-2-3-11(19)9-14)26-18(23)22-13-7-5-12(20)6-8-13/h2-9,15H,10H2,1H3,(H,21,25). The molecule has 1 fully saturated rings. The summed E-state index contributed by atoms with van der Waals surface area (Å²) in [4.78, 5) is 31.0. The van der Waals surface area contributed by atoms with Crippen molar-refractivity contribution in [1.29, 1.82) is 0 Å². The number of carbonyl (C=O) groups is 2. The maximum atomic E-state index is 12.6. The average Bonchev–Trinajstić information content (AvgIpc) is 2.60. The van der Waals surface area contributed by atoms with Crippen molar-refractivity contribution in [2.45, 2.75) is 11.7 Å². The molecule has 1 aliphatic rings. The molecule has 2 amide bonds. The highest BCUT2D eigenvalue weighted by atomic mass is 127. The van der Waals surface area contributed by atoms with Crippen LogP contribution in [0.15, 0.2) is 58.0 Å². The van der Waals surface area contributed by atoms with Crippen LogP contribution in [0.3, 0.4) is 0 Å². The Balaban J connectivity index is 1.77. The smallest absolute Gasteiger partial charge is 0.238 e. The second kappa shape index (κ2) is 8.53. The Morgan fingerprint density at radius 1 is 1.31 bits per heavy atom. The maximum absolute atomic E-state index is 12.6. The maximum Gasteiger partial charge on any atom is 0.238 e. The molecule has 0 spiro atoms. The second-order valence-electron chi connectivity index (χ2n) is 5.63. The summed E-state index contributed by atoms with van der Waals surface area (Å²) >= 11 is 6.91. The van der Waals surface area contributed by atoms with Crippen LogP contribution in [-0.4, -0.2) is 34.2 Å². The van der Waals surface area contributed by atoms with Gasteiger partial charge in [-0.15, -0.1) is 0 Å². The number of amides is 2. The van der Waals surface area contributed by atoms with Crippen molar-refractivity contribution in [2.75, 3.05) is 12.4 Å². The molecule has 0 bridgehead atoms. The van der Waals surface area contributed by atoms with Crippen molar-refractivity contribution in [1.82, 2.24) is 4.90 Å². The molecule has 5 nitrogen and oxygen atoms in total. The molecule has 0 radical (unpaired) electrons. The first-order valence-corrected chi connectivity index (χ1v) is 10.5. The average molecular weight is 544 g/mol. The zero-order chi connectivity index (χ0) is 18.7. The number of halogens is 2. The molecule has 2 aromatic rings. The highest BCUT2D eigenvalue weighted by Gasteiger charge is 2.34. The molecule has 1 N–H and O–H groups in total. The van der Waals surface area contributed by atoms with Crippen LogP contribution in [0.5, 0.6) is 0 Å². The van der Waals surface area contributed by atoms with Gasteiger partial charge in [0.05, 0.1) is 5.69 Å². The Morgan fingerprint density at radius 2 is 2.04 bits per heavy atom. The number of benzene rings is 2. The van der Waals surface area contributed by atoms with Crippen LogP contribution in [0.2, 0.25) is 0 Å². The monoisotopic (exact) mass is 543 g/mol. The molecule has 26 heavy (non-hydrogen) atoms. The summed E-state index contributed by atoms with van der Waals surface area (Å²) in [6.07, 6.45) is 0.146. The number of hydrogen-bond acceptors (Lipinski definition) is 4. The largest absolute Gasteiger partial charge is 0.325 e. The highest BCUT2D eigenvalue weighted by Crippen LogP contribution is 2.29. The Hall–Kier alpha value is -1.39. The van der Waals surface area contributed by atoms with Crippen molar-refractivity contribution in [3.63, 3.8) is 0 Å².